The first kappa shape index (κ1) is 30.0. The summed E-state index contributed by atoms with van der Waals surface area (Å²) in [7, 11) is 0. The third-order valence-corrected chi connectivity index (χ3v) is 10.3. The molecular weight excluding hydrogens is 564 g/mol. The smallest absolute Gasteiger partial charge is 0.363 e. The van der Waals surface area contributed by atoms with E-state index < -0.39 is 34.9 Å². The van der Waals surface area contributed by atoms with Gasteiger partial charge in [0.05, 0.1) is 28.6 Å². The van der Waals surface area contributed by atoms with Gasteiger partial charge in [0.1, 0.15) is 5.70 Å². The number of aliphatic hydroxyl groups excluding tert-OH is 1. The van der Waals surface area contributed by atoms with Gasteiger partial charge in [0.25, 0.3) is 5.69 Å². The lowest BCUT2D eigenvalue weighted by atomic mass is 9.79. The van der Waals surface area contributed by atoms with E-state index in [2.05, 4.69) is 4.90 Å². The van der Waals surface area contributed by atoms with Gasteiger partial charge >= 0.3 is 11.9 Å². The second-order valence-electron chi connectivity index (χ2n) is 11.6. The number of hydrogen-bond acceptors (Lipinski definition) is 10. The molecule has 0 unspecified atom stereocenters. The van der Waals surface area contributed by atoms with Crippen LogP contribution in [-0.2, 0) is 14.3 Å². The van der Waals surface area contributed by atoms with Crippen LogP contribution in [0.3, 0.4) is 0 Å². The van der Waals surface area contributed by atoms with E-state index in [0.717, 1.165) is 64.1 Å². The number of aliphatic hydroxyl groups is 1. The molecule has 0 aromatic heterocycles. The van der Waals surface area contributed by atoms with Gasteiger partial charge in [0.15, 0.2) is 5.96 Å². The molecule has 5 atom stereocenters. The summed E-state index contributed by atoms with van der Waals surface area (Å²) in [6.07, 6.45) is 1.97. The molecule has 226 valence electrons. The van der Waals surface area contributed by atoms with E-state index in [9.17, 15) is 29.6 Å². The molecular formula is C28H36N6O7S. The normalized spacial score (nSPS) is 27.1. The highest BCUT2D eigenvalue weighted by molar-refractivity contribution is 8.03. The molecule has 1 aromatic carbocycles. The number of β-lactam (4-membered cyclic amide) rings is 1. The number of benzene rings is 1. The van der Waals surface area contributed by atoms with E-state index >= 15 is 0 Å². The summed E-state index contributed by atoms with van der Waals surface area (Å²) in [5.74, 6) is -2.52. The van der Waals surface area contributed by atoms with Crippen LogP contribution in [0.4, 0.5) is 5.69 Å². The van der Waals surface area contributed by atoms with Crippen LogP contribution in [-0.4, -0.2) is 98.7 Å². The fourth-order valence-corrected chi connectivity index (χ4v) is 8.06. The zero-order valence-corrected chi connectivity index (χ0v) is 24.4. The van der Waals surface area contributed by atoms with Crippen LogP contribution in [0.15, 0.2) is 34.9 Å². The number of fused-ring (bicyclic) bond motifs is 1. The van der Waals surface area contributed by atoms with Crippen molar-refractivity contribution in [1.82, 2.24) is 14.7 Å². The summed E-state index contributed by atoms with van der Waals surface area (Å²) in [5.41, 5.74) is 5.45. The van der Waals surface area contributed by atoms with E-state index in [1.165, 1.54) is 17.0 Å². The lowest BCUT2D eigenvalue weighted by molar-refractivity contribution is -0.384. The van der Waals surface area contributed by atoms with Crippen LogP contribution >= 0.6 is 11.8 Å². The van der Waals surface area contributed by atoms with Crippen molar-refractivity contribution in [2.45, 2.75) is 50.5 Å². The summed E-state index contributed by atoms with van der Waals surface area (Å²) in [6.45, 7) is 7.74. The van der Waals surface area contributed by atoms with Gasteiger partial charge in [-0.3, -0.25) is 20.3 Å². The number of nitrogens with two attached hydrogens (primary N) is 1. The molecule has 4 heterocycles. The quantitative estimate of drug-likeness (QED) is 0.0751. The average molecular weight is 601 g/mol. The van der Waals surface area contributed by atoms with Gasteiger partial charge in [-0.05, 0) is 50.8 Å². The first-order valence-corrected chi connectivity index (χ1v) is 15.1. The van der Waals surface area contributed by atoms with Crippen molar-refractivity contribution in [3.05, 3.63) is 50.5 Å². The Bertz CT molecular complexity index is 1310. The molecule has 0 radical (unpaired) electrons. The minimum Gasteiger partial charge on any atom is -0.393 e. The Morgan fingerprint density at radius 1 is 1.19 bits per heavy atom. The van der Waals surface area contributed by atoms with Crippen LogP contribution in [0.5, 0.6) is 0 Å². The lowest BCUT2D eigenvalue weighted by Crippen LogP contribution is -2.63. The number of nitro benzene ring substituents is 1. The fraction of sp³-hybridized carbons (Fsp3) is 0.571. The Morgan fingerprint density at radius 3 is 2.45 bits per heavy atom. The fourth-order valence-electron chi connectivity index (χ4n) is 6.54. The number of esters is 2. The van der Waals surface area contributed by atoms with Crippen molar-refractivity contribution in [1.29, 1.82) is 5.41 Å². The molecule has 1 amide bonds. The van der Waals surface area contributed by atoms with Gasteiger partial charge in [0.2, 0.25) is 5.91 Å². The van der Waals surface area contributed by atoms with Gasteiger partial charge < -0.3 is 30.3 Å². The minimum absolute atomic E-state index is 0.0243. The number of amides is 1. The van der Waals surface area contributed by atoms with Crippen molar-refractivity contribution in [3.8, 4) is 0 Å². The third-order valence-electron chi connectivity index (χ3n) is 8.80. The van der Waals surface area contributed by atoms with Gasteiger partial charge in [-0.1, -0.05) is 6.92 Å². The standard InChI is InChI=1S/C28H36N6O7S/c1-15-22-21(16(2)35)25(36)33(22)23(27(38)41-26(37)18-3-5-19(6-4-18)34(39)40)24(15)42-20-9-10-31(14-20)13-17-7-11-32(12-8-17)28(29)30/h3-6,15-17,20-22,35H,7-14H2,1-2H3,(H3,29,30)/t15-,16-,20-,21-,22-/m1/s1. The van der Waals surface area contributed by atoms with E-state index in [4.69, 9.17) is 15.9 Å². The van der Waals surface area contributed by atoms with Crippen LogP contribution in [0.1, 0.15) is 43.5 Å². The molecule has 3 fully saturated rings. The van der Waals surface area contributed by atoms with Gasteiger partial charge in [-0.15, -0.1) is 11.8 Å². The largest absolute Gasteiger partial charge is 0.393 e. The summed E-state index contributed by atoms with van der Waals surface area (Å²) in [4.78, 5) is 55.9. The predicted octanol–water partition coefficient (Wildman–Crippen LogP) is 1.76. The van der Waals surface area contributed by atoms with Crippen molar-refractivity contribution < 1.29 is 29.2 Å². The third kappa shape index (κ3) is 5.75. The second-order valence-corrected chi connectivity index (χ2v) is 12.9. The molecule has 0 saturated carbocycles. The van der Waals surface area contributed by atoms with E-state index in [1.807, 2.05) is 11.8 Å². The molecule has 0 spiro atoms. The summed E-state index contributed by atoms with van der Waals surface area (Å²) in [5, 5.41) is 29.0. The molecule has 14 heteroatoms. The maximum absolute atomic E-state index is 13.4. The lowest BCUT2D eigenvalue weighted by Gasteiger charge is -2.46. The topological polar surface area (TPSA) is 183 Å². The molecule has 4 N–H and O–H groups in total. The number of nitrogens with one attached hydrogen (secondary N) is 1. The van der Waals surface area contributed by atoms with Crippen molar-refractivity contribution in [2.24, 2.45) is 23.5 Å². The van der Waals surface area contributed by atoms with Gasteiger partial charge in [0, 0.05) is 54.4 Å². The Balaban J connectivity index is 1.28. The summed E-state index contributed by atoms with van der Waals surface area (Å²) in [6, 6.07) is 4.33. The highest BCUT2D eigenvalue weighted by Crippen LogP contribution is 2.52. The van der Waals surface area contributed by atoms with Gasteiger partial charge in [-0.25, -0.2) is 9.59 Å². The monoisotopic (exact) mass is 600 g/mol. The van der Waals surface area contributed by atoms with Crippen LogP contribution in [0.2, 0.25) is 0 Å². The SMILES string of the molecule is C[C@@H](O)[C@H]1C(=O)N2C(C(=O)OC(=O)c3ccc([N+](=O)[O-])cc3)=C(S[C@@H]3CCN(CC4CCN(C(=N)N)CC4)C3)[C@H](C)[C@H]12. The number of piperidine rings is 1. The zero-order chi connectivity index (χ0) is 30.3. The minimum atomic E-state index is -0.967. The Labute approximate surface area is 247 Å². The highest BCUT2D eigenvalue weighted by atomic mass is 32.2. The number of non-ortho nitro benzene ring substituents is 1. The molecule has 4 aliphatic rings. The van der Waals surface area contributed by atoms with Crippen molar-refractivity contribution in [3.63, 3.8) is 0 Å². The molecule has 42 heavy (non-hydrogen) atoms. The number of hydrogen-bond donors (Lipinski definition) is 3. The number of carbonyl (C=O) groups is 3. The van der Waals surface area contributed by atoms with Gasteiger partial charge in [-0.2, -0.15) is 0 Å². The molecule has 3 saturated heterocycles. The number of guanidine groups is 1. The molecule has 4 aliphatic heterocycles. The Kier molecular flexibility index (Phi) is 8.58. The zero-order valence-electron chi connectivity index (χ0n) is 23.6. The predicted molar refractivity (Wildman–Crippen MR) is 154 cm³/mol. The average Bonchev–Trinajstić information content (AvgIpc) is 3.48. The van der Waals surface area contributed by atoms with Crippen molar-refractivity contribution in [2.75, 3.05) is 32.7 Å². The Hall–Kier alpha value is -3.49. The van der Waals surface area contributed by atoms with E-state index in [-0.39, 0.29) is 40.0 Å². The molecule has 1 aromatic rings. The summed E-state index contributed by atoms with van der Waals surface area (Å²) >= 11 is 1.54. The van der Waals surface area contributed by atoms with E-state index in [0.29, 0.717) is 10.8 Å². The van der Waals surface area contributed by atoms with Crippen LogP contribution in [0.25, 0.3) is 0 Å². The maximum atomic E-state index is 13.4. The van der Waals surface area contributed by atoms with E-state index in [1.54, 1.807) is 18.7 Å². The molecule has 0 aliphatic carbocycles. The number of nitro groups is 1. The first-order valence-electron chi connectivity index (χ1n) is 14.2. The van der Waals surface area contributed by atoms with Crippen LogP contribution < -0.4 is 5.73 Å². The number of rotatable bonds is 8. The second kappa shape index (κ2) is 12.0. The number of ether oxygens (including phenoxy) is 1. The van der Waals surface area contributed by atoms with Crippen LogP contribution in [0, 0.1) is 33.3 Å². The highest BCUT2D eigenvalue weighted by Gasteiger charge is 2.60. The molecule has 0 bridgehead atoms. The maximum Gasteiger partial charge on any atom is 0.363 e. The van der Waals surface area contributed by atoms with Crippen molar-refractivity contribution >= 4 is 41.3 Å². The number of thioether (sulfide) groups is 1. The molecule has 13 nitrogen and oxygen atoms in total. The Morgan fingerprint density at radius 2 is 1.86 bits per heavy atom. The number of nitrogens with zero attached hydrogens (tertiary/aromatic N) is 4. The first-order chi connectivity index (χ1) is 20.0. The summed E-state index contributed by atoms with van der Waals surface area (Å²) < 4.78 is 5.19. The number of carbonyl (C=O) groups excluding carboxylic acids is 3. The number of likely N-dealkylation sites (tertiary alicyclic amines) is 2. The molecule has 5 rings (SSSR count).